The normalized spacial score (nSPS) is 14.8. The third-order valence-corrected chi connectivity index (χ3v) is 4.90. The van der Waals surface area contributed by atoms with Gasteiger partial charge in [-0.25, -0.2) is 22.1 Å². The maximum absolute atomic E-state index is 12.2. The minimum Gasteiger partial charge on any atom is -0.382 e. The van der Waals surface area contributed by atoms with Crippen LogP contribution in [0.25, 0.3) is 16.8 Å². The fraction of sp³-hybridized carbons (Fsp3) is 0.478. The molecule has 192 valence electrons. The van der Waals surface area contributed by atoms with Gasteiger partial charge in [0.05, 0.1) is 23.6 Å². The van der Waals surface area contributed by atoms with Crippen LogP contribution in [0.4, 0.5) is 35.0 Å². The molecule has 1 fully saturated rings. The highest BCUT2D eigenvalue weighted by atomic mass is 19.3. The van der Waals surface area contributed by atoms with Gasteiger partial charge >= 0.3 is 0 Å². The number of fused-ring (bicyclic) bond motifs is 1. The van der Waals surface area contributed by atoms with E-state index in [1.807, 2.05) is 39.0 Å². The third kappa shape index (κ3) is 8.16. The second-order valence-corrected chi connectivity index (χ2v) is 8.38. The Hall–Kier alpha value is -3.28. The molecule has 0 atom stereocenters. The number of halogens is 4. The molecule has 0 unspecified atom stereocenters. The number of hydrogen-bond donors (Lipinski definition) is 2. The molecule has 1 aliphatic rings. The lowest BCUT2D eigenvalue weighted by Gasteiger charge is -2.06. The smallest absolute Gasteiger partial charge is 0.261 e. The van der Waals surface area contributed by atoms with E-state index in [-0.39, 0.29) is 25.3 Å². The minimum atomic E-state index is -2.41. The van der Waals surface area contributed by atoms with E-state index in [9.17, 15) is 17.6 Å². The van der Waals surface area contributed by atoms with Crippen LogP contribution in [-0.2, 0) is 0 Å². The number of hydrogen-bond acceptors (Lipinski definition) is 7. The highest BCUT2D eigenvalue weighted by Gasteiger charge is 2.36. The first-order valence-corrected chi connectivity index (χ1v) is 11.1. The predicted molar refractivity (Wildman–Crippen MR) is 132 cm³/mol. The third-order valence-electron chi connectivity index (χ3n) is 4.90. The summed E-state index contributed by atoms with van der Waals surface area (Å²) in [5.41, 5.74) is 16.6. The first-order valence-electron chi connectivity index (χ1n) is 11.1. The van der Waals surface area contributed by atoms with Crippen molar-refractivity contribution >= 4 is 28.7 Å². The highest BCUT2D eigenvalue weighted by Crippen LogP contribution is 2.29. The molecule has 0 amide bonds. The monoisotopic (exact) mass is 496 g/mol. The largest absolute Gasteiger partial charge is 0.382 e. The van der Waals surface area contributed by atoms with E-state index in [4.69, 9.17) is 11.5 Å². The van der Waals surface area contributed by atoms with Gasteiger partial charge in [-0.3, -0.25) is 9.98 Å². The summed E-state index contributed by atoms with van der Waals surface area (Å²) in [5, 5.41) is 4.12. The molecule has 4 heterocycles. The van der Waals surface area contributed by atoms with Crippen molar-refractivity contribution < 1.29 is 17.6 Å². The SMILES string of the molecule is CC(C)=Nc1ccc(-c2ccn3nc(N)nc(N)c23)nc1C.CCC(F)F.CN1CCC(F)(F)C1. The Bertz CT molecular complexity index is 1160. The number of aliphatic imine (C=N–C) groups is 1. The molecule has 1 saturated heterocycles. The summed E-state index contributed by atoms with van der Waals surface area (Å²) in [6.07, 6.45) is -0.322. The van der Waals surface area contributed by atoms with Crippen molar-refractivity contribution in [3.63, 3.8) is 0 Å². The van der Waals surface area contributed by atoms with Crippen molar-refractivity contribution in [2.75, 3.05) is 31.6 Å². The van der Waals surface area contributed by atoms with Crippen LogP contribution in [0.3, 0.4) is 0 Å². The van der Waals surface area contributed by atoms with Crippen molar-refractivity contribution in [2.24, 2.45) is 4.99 Å². The van der Waals surface area contributed by atoms with Crippen LogP contribution in [0.15, 0.2) is 29.4 Å². The van der Waals surface area contributed by atoms with Crippen molar-refractivity contribution in [3.05, 3.63) is 30.1 Å². The van der Waals surface area contributed by atoms with Crippen molar-refractivity contribution in [1.82, 2.24) is 24.5 Å². The molecule has 4 N–H and O–H groups in total. The molecule has 0 radical (unpaired) electrons. The van der Waals surface area contributed by atoms with E-state index in [2.05, 4.69) is 20.1 Å². The molecular weight excluding hydrogens is 464 g/mol. The van der Waals surface area contributed by atoms with E-state index in [0.29, 0.717) is 17.9 Å². The molecule has 0 spiro atoms. The summed E-state index contributed by atoms with van der Waals surface area (Å²) in [4.78, 5) is 14.7. The van der Waals surface area contributed by atoms with Gasteiger partial charge in [-0.05, 0) is 46.0 Å². The molecule has 0 saturated carbocycles. The number of nitrogens with zero attached hydrogens (tertiary/aromatic N) is 6. The van der Waals surface area contributed by atoms with E-state index in [0.717, 1.165) is 28.4 Å². The summed E-state index contributed by atoms with van der Waals surface area (Å²) in [7, 11) is 1.71. The number of nitrogens with two attached hydrogens (primary N) is 2. The molecule has 0 bridgehead atoms. The van der Waals surface area contributed by atoms with Gasteiger partial charge in [0.1, 0.15) is 5.52 Å². The van der Waals surface area contributed by atoms with E-state index >= 15 is 0 Å². The summed E-state index contributed by atoms with van der Waals surface area (Å²) in [6, 6.07) is 5.76. The second-order valence-electron chi connectivity index (χ2n) is 8.38. The molecule has 12 heteroatoms. The van der Waals surface area contributed by atoms with Gasteiger partial charge in [-0.1, -0.05) is 6.92 Å². The molecule has 35 heavy (non-hydrogen) atoms. The molecule has 3 aromatic rings. The van der Waals surface area contributed by atoms with Gasteiger partial charge in [0.25, 0.3) is 5.92 Å². The van der Waals surface area contributed by atoms with Crippen LogP contribution in [0.1, 0.15) is 39.3 Å². The van der Waals surface area contributed by atoms with E-state index < -0.39 is 12.3 Å². The number of rotatable bonds is 3. The first-order chi connectivity index (χ1) is 16.3. The van der Waals surface area contributed by atoms with Gasteiger partial charge in [-0.15, -0.1) is 5.10 Å². The number of nitrogen functional groups attached to an aromatic ring is 2. The number of likely N-dealkylation sites (tertiary alicyclic amines) is 1. The zero-order valence-corrected chi connectivity index (χ0v) is 20.6. The van der Waals surface area contributed by atoms with E-state index in [1.165, 1.54) is 6.92 Å². The van der Waals surface area contributed by atoms with Crippen LogP contribution >= 0.6 is 0 Å². The van der Waals surface area contributed by atoms with Crippen molar-refractivity contribution in [3.8, 4) is 11.3 Å². The molecular formula is C23H32F4N8. The fourth-order valence-electron chi connectivity index (χ4n) is 3.25. The average Bonchev–Trinajstić information content (AvgIpc) is 3.32. The molecule has 0 aromatic carbocycles. The number of alkyl halides is 4. The Morgan fingerprint density at radius 3 is 2.29 bits per heavy atom. The second kappa shape index (κ2) is 11.9. The lowest BCUT2D eigenvalue weighted by atomic mass is 10.1. The summed E-state index contributed by atoms with van der Waals surface area (Å²) >= 11 is 0. The van der Waals surface area contributed by atoms with Crippen LogP contribution in [0.2, 0.25) is 0 Å². The Morgan fingerprint density at radius 1 is 1.17 bits per heavy atom. The number of anilines is 2. The number of aryl methyl sites for hydroxylation is 1. The quantitative estimate of drug-likeness (QED) is 0.390. The van der Waals surface area contributed by atoms with Gasteiger partial charge in [0.2, 0.25) is 12.4 Å². The molecule has 4 rings (SSSR count). The molecule has 8 nitrogen and oxygen atoms in total. The van der Waals surface area contributed by atoms with Crippen molar-refractivity contribution in [2.45, 2.75) is 52.9 Å². The lowest BCUT2D eigenvalue weighted by molar-refractivity contribution is 0.0146. The Morgan fingerprint density at radius 2 is 1.83 bits per heavy atom. The van der Waals surface area contributed by atoms with Gasteiger partial charge in [0.15, 0.2) is 5.82 Å². The molecule has 3 aromatic heterocycles. The maximum Gasteiger partial charge on any atom is 0.261 e. The van der Waals surface area contributed by atoms with Crippen LogP contribution < -0.4 is 11.5 Å². The molecule has 0 aliphatic carbocycles. The topological polar surface area (TPSA) is 111 Å². The van der Waals surface area contributed by atoms with E-state index in [1.54, 1.807) is 22.7 Å². The Kier molecular flexibility index (Phi) is 9.52. The lowest BCUT2D eigenvalue weighted by Crippen LogP contribution is -2.21. The van der Waals surface area contributed by atoms with Crippen LogP contribution in [0.5, 0.6) is 0 Å². The van der Waals surface area contributed by atoms with Crippen LogP contribution in [0, 0.1) is 6.92 Å². The number of aromatic nitrogens is 4. The van der Waals surface area contributed by atoms with Gasteiger partial charge < -0.3 is 16.4 Å². The predicted octanol–water partition coefficient (Wildman–Crippen LogP) is 5.00. The zero-order chi connectivity index (χ0) is 26.3. The first kappa shape index (κ1) is 28.0. The van der Waals surface area contributed by atoms with Gasteiger partial charge in [0, 0.05) is 36.9 Å². The maximum atomic E-state index is 12.2. The number of pyridine rings is 1. The summed E-state index contributed by atoms with van der Waals surface area (Å²) < 4.78 is 47.5. The Labute approximate surface area is 202 Å². The summed E-state index contributed by atoms with van der Waals surface area (Å²) in [5.74, 6) is -1.94. The molecule has 1 aliphatic heterocycles. The average molecular weight is 497 g/mol. The van der Waals surface area contributed by atoms with Crippen LogP contribution in [-0.4, -0.2) is 62.7 Å². The highest BCUT2D eigenvalue weighted by molar-refractivity contribution is 5.87. The minimum absolute atomic E-state index is 0.0278. The summed E-state index contributed by atoms with van der Waals surface area (Å²) in [6.45, 7) is 7.76. The Balaban J connectivity index is 0.000000273. The zero-order valence-electron chi connectivity index (χ0n) is 20.6. The van der Waals surface area contributed by atoms with Gasteiger partial charge in [-0.2, -0.15) is 4.98 Å². The standard InChI is InChI=1S/C15H17N7.C5H9F2N.C3H6F2/c1-8(2)18-11-4-5-12(19-9(11)3)10-6-7-22-13(10)14(16)20-15(17)21-22;1-8-3-2-5(6,7)4-8;1-2-3(4)5/h4-7H,1-3H3,(H4,16,17,20,21);2-4H2,1H3;3H,2H2,1H3. The fourth-order valence-corrected chi connectivity index (χ4v) is 3.25. The van der Waals surface area contributed by atoms with Crippen molar-refractivity contribution in [1.29, 1.82) is 0 Å².